The lowest BCUT2D eigenvalue weighted by Crippen LogP contribution is -2.25. The van der Waals surface area contributed by atoms with Crippen LogP contribution in [0, 0.1) is 0 Å². The Morgan fingerprint density at radius 2 is 2.21 bits per heavy atom. The van der Waals surface area contributed by atoms with Gasteiger partial charge in [0.1, 0.15) is 4.88 Å². The van der Waals surface area contributed by atoms with E-state index in [1.54, 1.807) is 0 Å². The normalized spacial score (nSPS) is 10.6. The first-order chi connectivity index (χ1) is 9.31. The van der Waals surface area contributed by atoms with Gasteiger partial charge in [0.05, 0.1) is 5.69 Å². The molecule has 0 saturated heterocycles. The van der Waals surface area contributed by atoms with Gasteiger partial charge < -0.3 is 9.88 Å². The summed E-state index contributed by atoms with van der Waals surface area (Å²) in [6.07, 6.45) is 6.74. The van der Waals surface area contributed by atoms with Crippen LogP contribution in [0.1, 0.15) is 35.1 Å². The van der Waals surface area contributed by atoms with E-state index in [-0.39, 0.29) is 5.91 Å². The van der Waals surface area contributed by atoms with Gasteiger partial charge in [0.15, 0.2) is 0 Å². The summed E-state index contributed by atoms with van der Waals surface area (Å²) >= 11 is 1.18. The van der Waals surface area contributed by atoms with Crippen molar-refractivity contribution in [2.45, 2.75) is 32.7 Å². The van der Waals surface area contributed by atoms with E-state index in [4.69, 9.17) is 0 Å². The van der Waals surface area contributed by atoms with Crippen LogP contribution in [-0.2, 0) is 13.0 Å². The second-order valence-electron chi connectivity index (χ2n) is 4.33. The molecule has 0 aromatic carbocycles. The number of nitrogens with zero attached hydrogens (tertiary/aromatic N) is 3. The molecule has 0 aliphatic carbocycles. The average molecular weight is 278 g/mol. The minimum absolute atomic E-state index is 0.0500. The topological polar surface area (TPSA) is 59.8 Å². The van der Waals surface area contributed by atoms with Crippen LogP contribution in [0.5, 0.6) is 0 Å². The summed E-state index contributed by atoms with van der Waals surface area (Å²) < 4.78 is 5.96. The molecule has 2 aromatic heterocycles. The fraction of sp³-hybridized carbons (Fsp3) is 0.462. The monoisotopic (exact) mass is 278 g/mol. The number of rotatable bonds is 7. The van der Waals surface area contributed by atoms with Crippen LogP contribution >= 0.6 is 11.5 Å². The lowest BCUT2D eigenvalue weighted by molar-refractivity contribution is 0.0955. The zero-order valence-corrected chi connectivity index (χ0v) is 11.8. The lowest BCUT2D eigenvalue weighted by Gasteiger charge is -2.05. The van der Waals surface area contributed by atoms with Crippen LogP contribution in [0.25, 0.3) is 0 Å². The fourth-order valence-corrected chi connectivity index (χ4v) is 2.47. The number of hydrogen-bond acceptors (Lipinski definition) is 4. The Hall–Kier alpha value is -1.69. The second-order valence-corrected chi connectivity index (χ2v) is 5.08. The molecule has 19 heavy (non-hydrogen) atoms. The number of aryl methyl sites for hydroxylation is 2. The zero-order valence-electron chi connectivity index (χ0n) is 11.0. The third kappa shape index (κ3) is 3.89. The SMILES string of the molecule is CCCc1nnsc1C(=O)NCCCn1cccc1. The molecule has 2 heterocycles. The maximum Gasteiger partial charge on any atom is 0.264 e. The van der Waals surface area contributed by atoms with E-state index in [1.165, 1.54) is 11.5 Å². The van der Waals surface area contributed by atoms with Crippen molar-refractivity contribution < 1.29 is 4.79 Å². The lowest BCUT2D eigenvalue weighted by atomic mass is 10.2. The Balaban J connectivity index is 1.76. The van der Waals surface area contributed by atoms with Crippen molar-refractivity contribution in [3.05, 3.63) is 35.1 Å². The van der Waals surface area contributed by atoms with Crippen molar-refractivity contribution in [3.8, 4) is 0 Å². The van der Waals surface area contributed by atoms with Crippen LogP contribution in [0.2, 0.25) is 0 Å². The number of aromatic nitrogens is 3. The minimum atomic E-state index is -0.0500. The van der Waals surface area contributed by atoms with Gasteiger partial charge in [-0.15, -0.1) is 5.10 Å². The van der Waals surface area contributed by atoms with E-state index in [0.29, 0.717) is 11.4 Å². The summed E-state index contributed by atoms with van der Waals surface area (Å²) in [5.74, 6) is -0.0500. The van der Waals surface area contributed by atoms with E-state index in [1.807, 2.05) is 24.5 Å². The van der Waals surface area contributed by atoms with Crippen molar-refractivity contribution in [1.29, 1.82) is 0 Å². The molecule has 1 amide bonds. The van der Waals surface area contributed by atoms with Gasteiger partial charge in [-0.1, -0.05) is 17.8 Å². The molecule has 5 nitrogen and oxygen atoms in total. The van der Waals surface area contributed by atoms with Gasteiger partial charge in [0.25, 0.3) is 5.91 Å². The van der Waals surface area contributed by atoms with Crippen molar-refractivity contribution >= 4 is 17.4 Å². The first-order valence-electron chi connectivity index (χ1n) is 6.51. The molecule has 0 bridgehead atoms. The largest absolute Gasteiger partial charge is 0.354 e. The van der Waals surface area contributed by atoms with Crippen LogP contribution in [0.3, 0.4) is 0 Å². The highest BCUT2D eigenvalue weighted by atomic mass is 32.1. The second kappa shape index (κ2) is 7.04. The number of carbonyl (C=O) groups is 1. The molecule has 0 spiro atoms. The minimum Gasteiger partial charge on any atom is -0.354 e. The van der Waals surface area contributed by atoms with E-state index >= 15 is 0 Å². The molecule has 0 aliphatic rings. The zero-order chi connectivity index (χ0) is 13.5. The third-order valence-electron chi connectivity index (χ3n) is 2.79. The predicted octanol–water partition coefficient (Wildman–Crippen LogP) is 2.11. The quantitative estimate of drug-likeness (QED) is 0.789. The van der Waals surface area contributed by atoms with E-state index in [9.17, 15) is 4.79 Å². The highest BCUT2D eigenvalue weighted by Crippen LogP contribution is 2.12. The van der Waals surface area contributed by atoms with Crippen LogP contribution in [0.4, 0.5) is 0 Å². The standard InChI is InChI=1S/C13H18N4OS/c1-2-6-11-12(19-16-15-11)13(18)14-7-5-10-17-8-3-4-9-17/h3-4,8-9H,2,5-7,10H2,1H3,(H,14,18). The molecule has 2 aromatic rings. The van der Waals surface area contributed by atoms with Crippen molar-refractivity contribution in [2.75, 3.05) is 6.54 Å². The molecule has 0 saturated carbocycles. The molecule has 0 radical (unpaired) electrons. The van der Waals surface area contributed by atoms with E-state index in [0.717, 1.165) is 31.5 Å². The van der Waals surface area contributed by atoms with E-state index in [2.05, 4.69) is 26.4 Å². The summed E-state index contributed by atoms with van der Waals surface area (Å²) in [6, 6.07) is 4.00. The van der Waals surface area contributed by atoms with Gasteiger partial charge in [-0.25, -0.2) is 0 Å². The number of carbonyl (C=O) groups excluding carboxylic acids is 1. The average Bonchev–Trinajstić information content (AvgIpc) is 3.05. The maximum absolute atomic E-state index is 12.0. The van der Waals surface area contributed by atoms with E-state index < -0.39 is 0 Å². The molecule has 0 aliphatic heterocycles. The van der Waals surface area contributed by atoms with Gasteiger partial charge in [-0.2, -0.15) is 0 Å². The number of hydrogen-bond donors (Lipinski definition) is 1. The number of nitrogens with one attached hydrogen (secondary N) is 1. The first-order valence-corrected chi connectivity index (χ1v) is 7.28. The smallest absolute Gasteiger partial charge is 0.264 e. The van der Waals surface area contributed by atoms with Crippen molar-refractivity contribution in [1.82, 2.24) is 19.5 Å². The molecule has 0 unspecified atom stereocenters. The summed E-state index contributed by atoms with van der Waals surface area (Å²) in [6.45, 7) is 3.65. The summed E-state index contributed by atoms with van der Waals surface area (Å²) in [4.78, 5) is 12.6. The highest BCUT2D eigenvalue weighted by molar-refractivity contribution is 7.08. The van der Waals surface area contributed by atoms with Crippen molar-refractivity contribution in [2.24, 2.45) is 0 Å². The molecule has 6 heteroatoms. The molecule has 0 fully saturated rings. The molecular weight excluding hydrogens is 260 g/mol. The molecule has 102 valence electrons. The Morgan fingerprint density at radius 1 is 1.42 bits per heavy atom. The fourth-order valence-electron chi connectivity index (χ4n) is 1.84. The summed E-state index contributed by atoms with van der Waals surface area (Å²) in [5, 5.41) is 6.92. The van der Waals surface area contributed by atoms with Gasteiger partial charge >= 0.3 is 0 Å². The Labute approximate surface area is 116 Å². The van der Waals surface area contributed by atoms with Gasteiger partial charge in [0.2, 0.25) is 0 Å². The highest BCUT2D eigenvalue weighted by Gasteiger charge is 2.14. The van der Waals surface area contributed by atoms with Crippen molar-refractivity contribution in [3.63, 3.8) is 0 Å². The maximum atomic E-state index is 12.0. The Bertz CT molecular complexity index is 506. The van der Waals surface area contributed by atoms with Crippen LogP contribution < -0.4 is 5.32 Å². The molecule has 2 rings (SSSR count). The summed E-state index contributed by atoms with van der Waals surface area (Å²) in [5.41, 5.74) is 0.815. The predicted molar refractivity (Wildman–Crippen MR) is 75.3 cm³/mol. The molecular formula is C13H18N4OS. The third-order valence-corrected chi connectivity index (χ3v) is 3.56. The van der Waals surface area contributed by atoms with Gasteiger partial charge in [-0.05, 0) is 36.5 Å². The summed E-state index contributed by atoms with van der Waals surface area (Å²) in [7, 11) is 0. The van der Waals surface area contributed by atoms with Crippen LogP contribution in [0.15, 0.2) is 24.5 Å². The Morgan fingerprint density at radius 3 is 2.95 bits per heavy atom. The van der Waals surface area contributed by atoms with Crippen LogP contribution in [-0.4, -0.2) is 26.6 Å². The van der Waals surface area contributed by atoms with Gasteiger partial charge in [-0.3, -0.25) is 4.79 Å². The van der Waals surface area contributed by atoms with Gasteiger partial charge in [0, 0.05) is 25.5 Å². The Kier molecular flexibility index (Phi) is 5.09. The first kappa shape index (κ1) is 13.7. The molecule has 0 atom stereocenters. The molecule has 1 N–H and O–H groups in total. The number of amides is 1.